The number of fused-ring (bicyclic) bond motifs is 1. The number of hydrogen-bond donors (Lipinski definition) is 0. The minimum Gasteiger partial charge on any atom is -0.378 e. The molecule has 2 fully saturated rings. The van der Waals surface area contributed by atoms with E-state index in [0.717, 1.165) is 63.4 Å². The Labute approximate surface area is 192 Å². The van der Waals surface area contributed by atoms with Crippen LogP contribution in [-0.4, -0.2) is 51.0 Å². The summed E-state index contributed by atoms with van der Waals surface area (Å²) >= 11 is 5.04. The molecule has 4 aromatic rings. The molecule has 6 rings (SSSR count). The molecule has 0 aromatic carbocycles. The zero-order valence-corrected chi connectivity index (χ0v) is 19.8. The molecule has 160 valence electrons. The van der Waals surface area contributed by atoms with Crippen molar-refractivity contribution in [3.8, 4) is 10.7 Å². The fraction of sp³-hybridized carbons (Fsp3) is 0.429. The van der Waals surface area contributed by atoms with Gasteiger partial charge in [-0.25, -0.2) is 9.97 Å². The Morgan fingerprint density at radius 3 is 2.71 bits per heavy atom. The Morgan fingerprint density at radius 1 is 1.13 bits per heavy atom. The molecule has 0 N–H and O–H groups in total. The van der Waals surface area contributed by atoms with Crippen LogP contribution in [0.1, 0.15) is 29.3 Å². The average molecular weight is 471 g/mol. The Balaban J connectivity index is 1.45. The summed E-state index contributed by atoms with van der Waals surface area (Å²) in [4.78, 5) is 15.6. The highest BCUT2D eigenvalue weighted by Gasteiger charge is 2.33. The highest BCUT2D eigenvalue weighted by Crippen LogP contribution is 2.44. The van der Waals surface area contributed by atoms with E-state index in [4.69, 9.17) is 14.7 Å². The number of aryl methyl sites for hydroxylation is 2. The maximum Gasteiger partial charge on any atom is 0.228 e. The van der Waals surface area contributed by atoms with Gasteiger partial charge in [0.25, 0.3) is 0 Å². The lowest BCUT2D eigenvalue weighted by molar-refractivity contribution is 0.121. The average Bonchev–Trinajstić information content (AvgIpc) is 3.19. The number of morpholine rings is 1. The second-order valence-corrected chi connectivity index (χ2v) is 11.0. The maximum absolute atomic E-state index is 5.53. The highest BCUT2D eigenvalue weighted by atomic mass is 32.2. The molecule has 4 aromatic heterocycles. The lowest BCUT2D eigenvalue weighted by atomic mass is 10.2. The van der Waals surface area contributed by atoms with Crippen molar-refractivity contribution in [1.82, 2.24) is 24.7 Å². The second-order valence-electron chi connectivity index (χ2n) is 7.88. The van der Waals surface area contributed by atoms with Crippen LogP contribution in [0, 0.1) is 13.8 Å². The number of anilines is 1. The van der Waals surface area contributed by atoms with E-state index in [1.54, 1.807) is 34.4 Å². The van der Waals surface area contributed by atoms with E-state index >= 15 is 0 Å². The lowest BCUT2D eigenvalue weighted by Crippen LogP contribution is -2.38. The normalized spacial score (nSPS) is 17.0. The number of rotatable bonds is 5. The third kappa shape index (κ3) is 3.55. The predicted molar refractivity (Wildman–Crippen MR) is 126 cm³/mol. The highest BCUT2D eigenvalue weighted by molar-refractivity contribution is 7.99. The summed E-state index contributed by atoms with van der Waals surface area (Å²) in [6.07, 6.45) is 2.36. The first-order valence-electron chi connectivity index (χ1n) is 10.5. The van der Waals surface area contributed by atoms with Crippen molar-refractivity contribution < 1.29 is 4.74 Å². The van der Waals surface area contributed by atoms with Gasteiger partial charge in [-0.2, -0.15) is 0 Å². The third-order valence-corrected chi connectivity index (χ3v) is 8.69. The van der Waals surface area contributed by atoms with Gasteiger partial charge < -0.3 is 9.64 Å². The molecule has 1 aliphatic heterocycles. The van der Waals surface area contributed by atoms with Crippen molar-refractivity contribution in [3.63, 3.8) is 0 Å². The summed E-state index contributed by atoms with van der Waals surface area (Å²) < 4.78 is 7.86. The van der Waals surface area contributed by atoms with Crippen LogP contribution in [0.3, 0.4) is 0 Å². The monoisotopic (exact) mass is 470 g/mol. The molecule has 1 aliphatic carbocycles. The van der Waals surface area contributed by atoms with Crippen LogP contribution in [0.5, 0.6) is 0 Å². The molecule has 0 bridgehead atoms. The molecule has 10 heteroatoms. The van der Waals surface area contributed by atoms with Crippen LogP contribution in [0.15, 0.2) is 27.7 Å². The van der Waals surface area contributed by atoms with Gasteiger partial charge >= 0.3 is 0 Å². The smallest absolute Gasteiger partial charge is 0.228 e. The van der Waals surface area contributed by atoms with Gasteiger partial charge in [-0.3, -0.25) is 4.57 Å². The van der Waals surface area contributed by atoms with Crippen LogP contribution in [-0.2, 0) is 4.74 Å². The van der Waals surface area contributed by atoms with E-state index in [2.05, 4.69) is 45.0 Å². The van der Waals surface area contributed by atoms with Gasteiger partial charge in [0.05, 0.1) is 18.1 Å². The maximum atomic E-state index is 5.53. The van der Waals surface area contributed by atoms with Gasteiger partial charge in [0.2, 0.25) is 5.95 Å². The summed E-state index contributed by atoms with van der Waals surface area (Å²) in [5.41, 5.74) is 1.26. The van der Waals surface area contributed by atoms with Gasteiger partial charge in [0, 0.05) is 29.4 Å². The minimum atomic E-state index is 0.481. The second kappa shape index (κ2) is 7.84. The molecule has 0 unspecified atom stereocenters. The number of hydrogen-bond acceptors (Lipinski definition) is 9. The Bertz CT molecular complexity index is 1240. The molecule has 1 saturated heterocycles. The molecular formula is C21H22N6OS3. The summed E-state index contributed by atoms with van der Waals surface area (Å²) in [5.74, 6) is 1.76. The molecule has 0 atom stereocenters. The summed E-state index contributed by atoms with van der Waals surface area (Å²) in [6.45, 7) is 7.52. The Hall–Kier alpha value is -2.01. The van der Waals surface area contributed by atoms with Crippen LogP contribution >= 0.6 is 34.4 Å². The van der Waals surface area contributed by atoms with E-state index in [-0.39, 0.29) is 0 Å². The molecule has 1 saturated carbocycles. The molecule has 0 spiro atoms. The molecule has 7 nitrogen and oxygen atoms in total. The quantitative estimate of drug-likeness (QED) is 0.382. The summed E-state index contributed by atoms with van der Waals surface area (Å²) in [7, 11) is 0. The van der Waals surface area contributed by atoms with Gasteiger partial charge in [0.15, 0.2) is 11.0 Å². The van der Waals surface area contributed by atoms with Crippen LogP contribution in [0.25, 0.3) is 20.9 Å². The number of nitrogens with zero attached hydrogens (tertiary/aromatic N) is 6. The lowest BCUT2D eigenvalue weighted by Gasteiger charge is -2.27. The fourth-order valence-electron chi connectivity index (χ4n) is 3.86. The first-order chi connectivity index (χ1) is 15.2. The van der Waals surface area contributed by atoms with Crippen LogP contribution in [0.2, 0.25) is 0 Å². The van der Waals surface area contributed by atoms with Crippen molar-refractivity contribution >= 4 is 50.6 Å². The van der Waals surface area contributed by atoms with Gasteiger partial charge in [-0.05, 0) is 55.5 Å². The van der Waals surface area contributed by atoms with Crippen molar-refractivity contribution in [1.29, 1.82) is 0 Å². The van der Waals surface area contributed by atoms with E-state index in [0.29, 0.717) is 6.04 Å². The van der Waals surface area contributed by atoms with E-state index in [1.165, 1.54) is 23.3 Å². The summed E-state index contributed by atoms with van der Waals surface area (Å²) in [6, 6.07) is 4.61. The number of aromatic nitrogens is 5. The predicted octanol–water partition coefficient (Wildman–Crippen LogP) is 4.95. The molecule has 0 amide bonds. The molecule has 5 heterocycles. The topological polar surface area (TPSA) is 69.0 Å². The SMILES string of the molecule is Cc1sc2nc(-c3cccs3)nc(Sc3nnc(N4CCOCC4)n3C3CC3)c2c1C. The third-order valence-electron chi connectivity index (χ3n) is 5.78. The molecular weight excluding hydrogens is 448 g/mol. The van der Waals surface area contributed by atoms with Crippen LogP contribution in [0.4, 0.5) is 5.95 Å². The van der Waals surface area contributed by atoms with Crippen LogP contribution < -0.4 is 4.90 Å². The zero-order valence-electron chi connectivity index (χ0n) is 17.4. The Morgan fingerprint density at radius 2 is 1.97 bits per heavy atom. The minimum absolute atomic E-state index is 0.481. The molecule has 2 aliphatic rings. The standard InChI is InChI=1S/C21H22N6OS3/c1-12-13(2)30-18-16(12)19(23-17(22-18)15-4-3-11-29-15)31-21-25-24-20(27(21)14-5-6-14)26-7-9-28-10-8-26/h3-4,11,14H,5-10H2,1-2H3. The van der Waals surface area contributed by atoms with Gasteiger partial charge in [-0.1, -0.05) is 6.07 Å². The largest absolute Gasteiger partial charge is 0.378 e. The number of thiophene rings is 2. The molecule has 0 radical (unpaired) electrons. The fourth-order valence-corrected chi connectivity index (χ4v) is 6.68. The molecule has 31 heavy (non-hydrogen) atoms. The van der Waals surface area contributed by atoms with Crippen molar-refractivity contribution in [2.75, 3.05) is 31.2 Å². The van der Waals surface area contributed by atoms with Crippen molar-refractivity contribution in [2.45, 2.75) is 42.9 Å². The van der Waals surface area contributed by atoms with Gasteiger partial charge in [-0.15, -0.1) is 32.9 Å². The van der Waals surface area contributed by atoms with Crippen molar-refractivity contribution in [3.05, 3.63) is 28.0 Å². The summed E-state index contributed by atoms with van der Waals surface area (Å²) in [5, 5.41) is 14.3. The first-order valence-corrected chi connectivity index (χ1v) is 13.0. The van der Waals surface area contributed by atoms with Gasteiger partial charge in [0.1, 0.15) is 9.86 Å². The first kappa shape index (κ1) is 19.7. The van der Waals surface area contributed by atoms with E-state index in [9.17, 15) is 0 Å². The van der Waals surface area contributed by atoms with E-state index < -0.39 is 0 Å². The Kier molecular flexibility index (Phi) is 4.97. The zero-order chi connectivity index (χ0) is 20.9. The number of ether oxygens (including phenoxy) is 1. The van der Waals surface area contributed by atoms with E-state index in [1.807, 2.05) is 6.07 Å². The van der Waals surface area contributed by atoms with Crippen molar-refractivity contribution in [2.24, 2.45) is 0 Å².